The molecule has 0 saturated heterocycles. The van der Waals surface area contributed by atoms with Gasteiger partial charge in [0.15, 0.2) is 0 Å². The van der Waals surface area contributed by atoms with E-state index in [0.717, 1.165) is 8.09 Å². The number of nitriles is 2. The van der Waals surface area contributed by atoms with Gasteiger partial charge in [-0.2, -0.15) is 0 Å². The van der Waals surface area contributed by atoms with Crippen LogP contribution in [-0.2, 0) is 0 Å². The molecule has 48 valence electrons. The molecule has 10 heavy (non-hydrogen) atoms. The molecule has 0 aromatic heterocycles. The summed E-state index contributed by atoms with van der Waals surface area (Å²) in [5.74, 6) is 0. The monoisotopic (exact) mass is 246 g/mol. The summed E-state index contributed by atoms with van der Waals surface area (Å²) in [5.41, 5.74) is 0.316. The fourth-order valence-corrected chi connectivity index (χ4v) is 2.92. The Hall–Kier alpha value is -0.750. The van der Waals surface area contributed by atoms with Gasteiger partial charge in [0.25, 0.3) is 0 Å². The SMILES string of the molecule is N#CC(C#N)=C1C=CC[Te]1. The molecule has 1 aliphatic rings. The average Bonchev–Trinajstić information content (AvgIpc) is 2.43. The first kappa shape index (κ1) is 7.36. The zero-order chi connectivity index (χ0) is 7.40. The van der Waals surface area contributed by atoms with E-state index >= 15 is 0 Å². The van der Waals surface area contributed by atoms with Crippen molar-refractivity contribution in [3.05, 3.63) is 21.3 Å². The van der Waals surface area contributed by atoms with Gasteiger partial charge in [-0.25, -0.2) is 0 Å². The molecule has 0 spiro atoms. The van der Waals surface area contributed by atoms with E-state index in [1.165, 1.54) is 0 Å². The molecule has 1 rings (SSSR count). The number of allylic oxidation sites excluding steroid dienone is 4. The molecular formula is C7H4N2Te. The van der Waals surface area contributed by atoms with Crippen LogP contribution in [0.1, 0.15) is 0 Å². The van der Waals surface area contributed by atoms with Crippen LogP contribution in [0.5, 0.6) is 0 Å². The van der Waals surface area contributed by atoms with Crippen LogP contribution in [0.3, 0.4) is 0 Å². The van der Waals surface area contributed by atoms with E-state index in [-0.39, 0.29) is 20.9 Å². The van der Waals surface area contributed by atoms with Gasteiger partial charge in [-0.1, -0.05) is 0 Å². The molecule has 1 heterocycles. The van der Waals surface area contributed by atoms with Gasteiger partial charge in [0, 0.05) is 0 Å². The van der Waals surface area contributed by atoms with Crippen molar-refractivity contribution in [2.75, 3.05) is 0 Å². The Morgan fingerprint density at radius 1 is 1.50 bits per heavy atom. The van der Waals surface area contributed by atoms with E-state index in [1.807, 2.05) is 24.3 Å². The minimum atomic E-state index is -0.216. The third kappa shape index (κ3) is 1.39. The number of rotatable bonds is 0. The fraction of sp³-hybridized carbons (Fsp3) is 0.143. The Labute approximate surface area is 69.5 Å². The van der Waals surface area contributed by atoms with Gasteiger partial charge in [0.05, 0.1) is 0 Å². The van der Waals surface area contributed by atoms with Gasteiger partial charge in [-0.3, -0.25) is 0 Å². The van der Waals surface area contributed by atoms with Crippen molar-refractivity contribution in [2.45, 2.75) is 4.47 Å². The summed E-state index contributed by atoms with van der Waals surface area (Å²) in [6.07, 6.45) is 3.94. The van der Waals surface area contributed by atoms with E-state index in [2.05, 4.69) is 0 Å². The van der Waals surface area contributed by atoms with Crippen LogP contribution in [0.2, 0.25) is 4.47 Å². The quantitative estimate of drug-likeness (QED) is 0.470. The van der Waals surface area contributed by atoms with Gasteiger partial charge in [0.1, 0.15) is 0 Å². The molecule has 0 aliphatic carbocycles. The summed E-state index contributed by atoms with van der Waals surface area (Å²) in [6.45, 7) is 0. The Kier molecular flexibility index (Phi) is 2.52. The predicted molar refractivity (Wildman–Crippen MR) is 38.0 cm³/mol. The van der Waals surface area contributed by atoms with Crippen molar-refractivity contribution in [3.8, 4) is 12.1 Å². The van der Waals surface area contributed by atoms with Crippen molar-refractivity contribution >= 4 is 20.9 Å². The number of hydrogen-bond acceptors (Lipinski definition) is 2. The van der Waals surface area contributed by atoms with Crippen LogP contribution >= 0.6 is 0 Å². The predicted octanol–water partition coefficient (Wildman–Crippen LogP) is 0.980. The van der Waals surface area contributed by atoms with E-state index in [0.29, 0.717) is 5.57 Å². The van der Waals surface area contributed by atoms with Gasteiger partial charge in [0.2, 0.25) is 0 Å². The molecule has 0 unspecified atom stereocenters. The first-order chi connectivity index (χ1) is 4.88. The van der Waals surface area contributed by atoms with Crippen LogP contribution in [0.25, 0.3) is 0 Å². The van der Waals surface area contributed by atoms with E-state index in [4.69, 9.17) is 10.5 Å². The van der Waals surface area contributed by atoms with E-state index < -0.39 is 0 Å². The molecule has 3 heteroatoms. The zero-order valence-electron chi connectivity index (χ0n) is 5.16. The van der Waals surface area contributed by atoms with Crippen molar-refractivity contribution in [1.29, 1.82) is 10.5 Å². The van der Waals surface area contributed by atoms with Gasteiger partial charge in [-0.05, 0) is 0 Å². The van der Waals surface area contributed by atoms with Crippen molar-refractivity contribution in [2.24, 2.45) is 0 Å². The fourth-order valence-electron chi connectivity index (χ4n) is 0.632. The molecule has 1 aliphatic heterocycles. The summed E-state index contributed by atoms with van der Waals surface area (Å²) >= 11 is -0.216. The van der Waals surface area contributed by atoms with Crippen LogP contribution in [0.4, 0.5) is 0 Å². The van der Waals surface area contributed by atoms with E-state index in [1.54, 1.807) is 0 Å². The molecule has 0 N–H and O–H groups in total. The first-order valence-electron chi connectivity index (χ1n) is 2.72. The second kappa shape index (κ2) is 3.43. The second-order valence-electron chi connectivity index (χ2n) is 1.68. The van der Waals surface area contributed by atoms with Gasteiger partial charge in [-0.15, -0.1) is 0 Å². The summed E-state index contributed by atoms with van der Waals surface area (Å²) in [7, 11) is 0. The molecular weight excluding hydrogens is 240 g/mol. The maximum absolute atomic E-state index is 8.44. The Balaban J connectivity index is 2.97. The second-order valence-corrected chi connectivity index (χ2v) is 4.71. The van der Waals surface area contributed by atoms with Crippen molar-refractivity contribution < 1.29 is 0 Å². The van der Waals surface area contributed by atoms with Gasteiger partial charge >= 0.3 is 69.4 Å². The number of hydrogen-bond donors (Lipinski definition) is 0. The van der Waals surface area contributed by atoms with Crippen molar-refractivity contribution in [1.82, 2.24) is 0 Å². The average molecular weight is 244 g/mol. The van der Waals surface area contributed by atoms with Gasteiger partial charge < -0.3 is 0 Å². The first-order valence-corrected chi connectivity index (χ1v) is 5.53. The number of nitrogens with zero attached hydrogens (tertiary/aromatic N) is 2. The molecule has 0 amide bonds. The molecule has 0 radical (unpaired) electrons. The molecule has 0 aromatic rings. The molecule has 0 aromatic carbocycles. The normalized spacial score (nSPS) is 14.4. The van der Waals surface area contributed by atoms with Crippen LogP contribution in [0.15, 0.2) is 21.3 Å². The summed E-state index contributed by atoms with van der Waals surface area (Å²) in [4.78, 5) is 0. The van der Waals surface area contributed by atoms with Crippen LogP contribution in [-0.4, -0.2) is 20.9 Å². The van der Waals surface area contributed by atoms with Crippen LogP contribution < -0.4 is 0 Å². The molecule has 0 bridgehead atoms. The topological polar surface area (TPSA) is 47.6 Å². The summed E-state index contributed by atoms with van der Waals surface area (Å²) in [6, 6.07) is 3.79. The Morgan fingerprint density at radius 3 is 2.60 bits per heavy atom. The third-order valence-electron chi connectivity index (χ3n) is 1.07. The molecule has 2 nitrogen and oxygen atoms in total. The standard InChI is InChI=1S/C7H4N2Te/c8-4-6(5-9)7-2-1-3-10-7/h1-2H,3H2. The molecule has 0 atom stereocenters. The van der Waals surface area contributed by atoms with E-state index in [9.17, 15) is 0 Å². The minimum absolute atomic E-state index is 0.216. The Morgan fingerprint density at radius 2 is 2.20 bits per heavy atom. The van der Waals surface area contributed by atoms with Crippen LogP contribution in [0, 0.1) is 22.7 Å². The Bertz CT molecular complexity index is 259. The molecule has 0 fully saturated rings. The maximum atomic E-state index is 8.44. The zero-order valence-corrected chi connectivity index (χ0v) is 7.49. The molecule has 0 saturated carbocycles. The third-order valence-corrected chi connectivity index (χ3v) is 3.96. The summed E-state index contributed by atoms with van der Waals surface area (Å²) in [5, 5.41) is 16.9. The van der Waals surface area contributed by atoms with Crippen molar-refractivity contribution in [3.63, 3.8) is 0 Å². The summed E-state index contributed by atoms with van der Waals surface area (Å²) < 4.78 is 2.10.